The summed E-state index contributed by atoms with van der Waals surface area (Å²) >= 11 is 6.33. The summed E-state index contributed by atoms with van der Waals surface area (Å²) in [6.45, 7) is 3.74. The van der Waals surface area contributed by atoms with Crippen LogP contribution in [0.4, 0.5) is 17.1 Å². The predicted molar refractivity (Wildman–Crippen MR) is 108 cm³/mol. The van der Waals surface area contributed by atoms with E-state index in [2.05, 4.69) is 10.6 Å². The Bertz CT molecular complexity index is 950. The van der Waals surface area contributed by atoms with Crippen molar-refractivity contribution in [1.29, 1.82) is 0 Å². The van der Waals surface area contributed by atoms with Gasteiger partial charge in [-0.2, -0.15) is 0 Å². The first-order chi connectivity index (χ1) is 12.8. The Balaban J connectivity index is 1.88. The minimum absolute atomic E-state index is 0.162. The van der Waals surface area contributed by atoms with Crippen molar-refractivity contribution in [3.8, 4) is 0 Å². The number of allylic oxidation sites excluding steroid dienone is 2. The number of rotatable bonds is 5. The van der Waals surface area contributed by atoms with E-state index >= 15 is 0 Å². The molecule has 0 saturated carbocycles. The molecule has 3 N–H and O–H groups in total. The first kappa shape index (κ1) is 19.0. The van der Waals surface area contributed by atoms with E-state index in [1.807, 2.05) is 26.0 Å². The average molecular weight is 385 g/mol. The number of carboxylic acids is 1. The highest BCUT2D eigenvalue weighted by Gasteiger charge is 2.17. The molecule has 0 amide bonds. The third kappa shape index (κ3) is 4.31. The Morgan fingerprint density at radius 2 is 1.81 bits per heavy atom. The topological polar surface area (TPSA) is 78.4 Å². The molecule has 5 nitrogen and oxygen atoms in total. The van der Waals surface area contributed by atoms with E-state index in [1.54, 1.807) is 24.3 Å². The Hall–Kier alpha value is -2.79. The largest absolute Gasteiger partial charge is 0.478 e. The fourth-order valence-corrected chi connectivity index (χ4v) is 3.20. The van der Waals surface area contributed by atoms with Gasteiger partial charge in [-0.1, -0.05) is 17.7 Å². The lowest BCUT2D eigenvalue weighted by Crippen LogP contribution is -2.14. The minimum atomic E-state index is -0.971. The van der Waals surface area contributed by atoms with Crippen LogP contribution in [0.25, 0.3) is 0 Å². The fraction of sp³-hybridized carbons (Fsp3) is 0.238. The van der Waals surface area contributed by atoms with Crippen LogP contribution in [0.2, 0.25) is 5.02 Å². The van der Waals surface area contributed by atoms with Gasteiger partial charge in [0.25, 0.3) is 0 Å². The molecule has 0 heterocycles. The predicted octanol–water partition coefficient (Wildman–Crippen LogP) is 5.53. The van der Waals surface area contributed by atoms with Crippen LogP contribution in [0.5, 0.6) is 0 Å². The van der Waals surface area contributed by atoms with Gasteiger partial charge < -0.3 is 15.7 Å². The number of hydrogen-bond donors (Lipinski definition) is 3. The molecule has 1 aliphatic rings. The van der Waals surface area contributed by atoms with Gasteiger partial charge in [-0.15, -0.1) is 0 Å². The molecule has 0 aromatic heterocycles. The third-order valence-electron chi connectivity index (χ3n) is 4.72. The minimum Gasteiger partial charge on any atom is -0.478 e. The molecule has 3 rings (SSSR count). The smallest absolute Gasteiger partial charge is 0.335 e. The van der Waals surface area contributed by atoms with Gasteiger partial charge in [-0.05, 0) is 62.6 Å². The van der Waals surface area contributed by atoms with Crippen molar-refractivity contribution in [3.05, 3.63) is 63.8 Å². The van der Waals surface area contributed by atoms with Crippen molar-refractivity contribution in [2.75, 3.05) is 10.6 Å². The molecule has 2 aromatic rings. The second-order valence-corrected chi connectivity index (χ2v) is 7.07. The first-order valence-electron chi connectivity index (χ1n) is 8.75. The average Bonchev–Trinajstić information content (AvgIpc) is 2.63. The number of benzene rings is 2. The summed E-state index contributed by atoms with van der Waals surface area (Å²) in [5, 5.41) is 16.3. The number of hydrogen-bond acceptors (Lipinski definition) is 4. The zero-order valence-corrected chi connectivity index (χ0v) is 16.0. The van der Waals surface area contributed by atoms with Crippen molar-refractivity contribution >= 4 is 40.4 Å². The summed E-state index contributed by atoms with van der Waals surface area (Å²) < 4.78 is 0. The number of ketones is 1. The SMILES string of the molecule is CC1=C(Nc2cc(Nc3cc(C(=O)O)ccc3C)ccc2Cl)CCCC1=O. The number of aryl methyl sites for hydroxylation is 1. The number of carboxylic acid groups (broad SMARTS) is 1. The number of Topliss-reactive ketones (excluding diaryl/α,β-unsaturated/α-hetero) is 1. The van der Waals surface area contributed by atoms with E-state index in [0.29, 0.717) is 22.8 Å². The zero-order valence-electron chi connectivity index (χ0n) is 15.2. The molecule has 0 bridgehead atoms. The van der Waals surface area contributed by atoms with E-state index in [1.165, 1.54) is 0 Å². The molecule has 2 aromatic carbocycles. The number of carbonyl (C=O) groups is 2. The number of carbonyl (C=O) groups excluding carboxylic acids is 1. The second-order valence-electron chi connectivity index (χ2n) is 6.66. The fourth-order valence-electron chi connectivity index (χ4n) is 3.03. The summed E-state index contributed by atoms with van der Waals surface area (Å²) in [5.74, 6) is -0.809. The molecule has 0 spiro atoms. The van der Waals surface area contributed by atoms with Gasteiger partial charge in [-0.3, -0.25) is 4.79 Å². The highest BCUT2D eigenvalue weighted by Crippen LogP contribution is 2.32. The van der Waals surface area contributed by atoms with Crippen LogP contribution in [0, 0.1) is 6.92 Å². The van der Waals surface area contributed by atoms with Crippen molar-refractivity contribution in [2.45, 2.75) is 33.1 Å². The molecule has 0 fully saturated rings. The number of aromatic carboxylic acids is 1. The number of halogens is 1. The van der Waals surface area contributed by atoms with Gasteiger partial charge in [0, 0.05) is 29.1 Å². The molecule has 140 valence electrons. The lowest BCUT2D eigenvalue weighted by Gasteiger charge is -2.20. The maximum absolute atomic E-state index is 11.9. The van der Waals surface area contributed by atoms with E-state index in [-0.39, 0.29) is 11.3 Å². The number of nitrogens with one attached hydrogen (secondary N) is 2. The standard InChI is InChI=1S/C21H21ClN2O3/c1-12-6-7-14(21(26)27)10-18(12)23-15-8-9-16(22)19(11-15)24-17-4-3-5-20(25)13(17)2/h6-11,23-24H,3-5H2,1-2H3,(H,26,27). The highest BCUT2D eigenvalue weighted by molar-refractivity contribution is 6.33. The van der Waals surface area contributed by atoms with Crippen LogP contribution in [0.3, 0.4) is 0 Å². The van der Waals surface area contributed by atoms with Crippen molar-refractivity contribution < 1.29 is 14.7 Å². The second kappa shape index (κ2) is 7.84. The molecular weight excluding hydrogens is 364 g/mol. The monoisotopic (exact) mass is 384 g/mol. The summed E-state index contributed by atoms with van der Waals surface area (Å²) in [6, 6.07) is 10.4. The van der Waals surface area contributed by atoms with Gasteiger partial charge >= 0.3 is 5.97 Å². The molecule has 1 aliphatic carbocycles. The van der Waals surface area contributed by atoms with Crippen molar-refractivity contribution in [3.63, 3.8) is 0 Å². The third-order valence-corrected chi connectivity index (χ3v) is 5.05. The molecule has 6 heteroatoms. The lowest BCUT2D eigenvalue weighted by atomic mass is 9.96. The van der Waals surface area contributed by atoms with Crippen LogP contribution < -0.4 is 10.6 Å². The van der Waals surface area contributed by atoms with Gasteiger partial charge in [-0.25, -0.2) is 4.79 Å². The molecule has 0 saturated heterocycles. The van der Waals surface area contributed by atoms with Crippen molar-refractivity contribution in [2.24, 2.45) is 0 Å². The van der Waals surface area contributed by atoms with Gasteiger partial charge in [0.15, 0.2) is 5.78 Å². The van der Waals surface area contributed by atoms with Gasteiger partial charge in [0.2, 0.25) is 0 Å². The summed E-state index contributed by atoms with van der Waals surface area (Å²) in [7, 11) is 0. The summed E-state index contributed by atoms with van der Waals surface area (Å²) in [6.07, 6.45) is 2.23. The Kier molecular flexibility index (Phi) is 5.51. The maximum Gasteiger partial charge on any atom is 0.335 e. The molecule has 0 radical (unpaired) electrons. The highest BCUT2D eigenvalue weighted by atomic mass is 35.5. The molecular formula is C21H21ClN2O3. The van der Waals surface area contributed by atoms with E-state index in [4.69, 9.17) is 11.6 Å². The van der Waals surface area contributed by atoms with Gasteiger partial charge in [0.05, 0.1) is 16.3 Å². The maximum atomic E-state index is 11.9. The van der Waals surface area contributed by atoms with E-state index in [0.717, 1.165) is 35.4 Å². The number of anilines is 3. The quantitative estimate of drug-likeness (QED) is 0.631. The summed E-state index contributed by atoms with van der Waals surface area (Å²) in [5.41, 5.74) is 4.99. The normalized spacial score (nSPS) is 14.3. The Morgan fingerprint density at radius 3 is 2.56 bits per heavy atom. The van der Waals surface area contributed by atoms with Gasteiger partial charge in [0.1, 0.15) is 0 Å². The molecule has 27 heavy (non-hydrogen) atoms. The van der Waals surface area contributed by atoms with Crippen LogP contribution in [-0.2, 0) is 4.79 Å². The van der Waals surface area contributed by atoms with Crippen LogP contribution in [0.15, 0.2) is 47.7 Å². The molecule has 0 unspecified atom stereocenters. The first-order valence-corrected chi connectivity index (χ1v) is 9.13. The van der Waals surface area contributed by atoms with E-state index < -0.39 is 5.97 Å². The Morgan fingerprint density at radius 1 is 1.04 bits per heavy atom. The zero-order chi connectivity index (χ0) is 19.6. The van der Waals surface area contributed by atoms with Crippen LogP contribution in [-0.4, -0.2) is 16.9 Å². The summed E-state index contributed by atoms with van der Waals surface area (Å²) in [4.78, 5) is 23.1. The van der Waals surface area contributed by atoms with Crippen LogP contribution >= 0.6 is 11.6 Å². The Labute approximate surface area is 163 Å². The van der Waals surface area contributed by atoms with E-state index in [9.17, 15) is 14.7 Å². The molecule has 0 atom stereocenters. The van der Waals surface area contributed by atoms with Crippen molar-refractivity contribution in [1.82, 2.24) is 0 Å². The lowest BCUT2D eigenvalue weighted by molar-refractivity contribution is -0.116. The van der Waals surface area contributed by atoms with Crippen LogP contribution in [0.1, 0.15) is 42.1 Å². The molecule has 0 aliphatic heterocycles.